The fourth-order valence-electron chi connectivity index (χ4n) is 6.57. The molecule has 47 heavy (non-hydrogen) atoms. The van der Waals surface area contributed by atoms with Gasteiger partial charge in [-0.15, -0.1) is 0 Å². The first kappa shape index (κ1) is 34.7. The summed E-state index contributed by atoms with van der Waals surface area (Å²) in [5, 5.41) is 19.1. The molecule has 0 spiro atoms. The summed E-state index contributed by atoms with van der Waals surface area (Å²) in [4.78, 5) is 18.9. The summed E-state index contributed by atoms with van der Waals surface area (Å²) in [6.07, 6.45) is 4.77. The number of carbonyl (C=O) groups excluding carboxylic acids is 1. The molecule has 2 fully saturated rings. The lowest BCUT2D eigenvalue weighted by atomic mass is 9.80. The Morgan fingerprint density at radius 3 is 2.15 bits per heavy atom. The lowest BCUT2D eigenvalue weighted by molar-refractivity contribution is -0.0156. The SMILES string of the molecule is CC(C)(C)OC(=O)N1CCC(CCNCCC2(O)CCC(n3cc(N=C(c4ccccc4)c4ccccc4)c(C(F)F)n3)CC2)CC1. The topological polar surface area (TPSA) is 92.0 Å². The Kier molecular flexibility index (Phi) is 11.5. The molecule has 1 saturated carbocycles. The van der Waals surface area contributed by atoms with Crippen LogP contribution < -0.4 is 5.32 Å². The van der Waals surface area contributed by atoms with Crippen LogP contribution in [0.4, 0.5) is 19.3 Å². The quantitative estimate of drug-likeness (QED) is 0.163. The van der Waals surface area contributed by atoms with E-state index in [0.29, 0.717) is 43.7 Å². The molecule has 1 amide bonds. The molecule has 5 rings (SSSR count). The van der Waals surface area contributed by atoms with Crippen molar-refractivity contribution in [3.05, 3.63) is 83.7 Å². The summed E-state index contributed by atoms with van der Waals surface area (Å²) >= 11 is 0. The molecule has 1 aliphatic heterocycles. The standard InChI is InChI=1S/C37H49F2N5O3/c1-36(2,3)47-35(45)43-24-17-27(18-25-43)16-22-40-23-21-37(46)19-14-30(15-20-37)44-26-31(33(42-44)34(38)39)41-32(28-10-6-4-7-11-28)29-12-8-5-9-13-29/h4-13,26-27,30,34,40,46H,14-25H2,1-3H3. The van der Waals surface area contributed by atoms with Gasteiger partial charge >= 0.3 is 6.09 Å². The second-order valence-electron chi connectivity index (χ2n) is 14.0. The van der Waals surface area contributed by atoms with Crippen molar-refractivity contribution in [1.82, 2.24) is 20.0 Å². The zero-order valence-corrected chi connectivity index (χ0v) is 27.9. The normalized spacial score (nSPS) is 20.7. The van der Waals surface area contributed by atoms with Crippen molar-refractivity contribution in [1.29, 1.82) is 0 Å². The number of aromatic nitrogens is 2. The van der Waals surface area contributed by atoms with E-state index >= 15 is 0 Å². The minimum atomic E-state index is -2.76. The number of benzene rings is 2. The number of ether oxygens (including phenoxy) is 1. The molecule has 254 valence electrons. The van der Waals surface area contributed by atoms with E-state index in [2.05, 4.69) is 10.4 Å². The van der Waals surface area contributed by atoms with Gasteiger partial charge in [0.2, 0.25) is 0 Å². The minimum Gasteiger partial charge on any atom is -0.444 e. The highest BCUT2D eigenvalue weighted by molar-refractivity contribution is 6.14. The van der Waals surface area contributed by atoms with E-state index in [-0.39, 0.29) is 23.5 Å². The van der Waals surface area contributed by atoms with Gasteiger partial charge in [0, 0.05) is 24.2 Å². The lowest BCUT2D eigenvalue weighted by Gasteiger charge is -2.36. The van der Waals surface area contributed by atoms with Gasteiger partial charge in [-0.2, -0.15) is 5.10 Å². The van der Waals surface area contributed by atoms with Crippen LogP contribution in [0, 0.1) is 5.92 Å². The average molecular weight is 650 g/mol. The zero-order valence-electron chi connectivity index (χ0n) is 27.9. The Bertz CT molecular complexity index is 1410. The van der Waals surface area contributed by atoms with Gasteiger partial charge in [0.25, 0.3) is 6.43 Å². The number of amides is 1. The smallest absolute Gasteiger partial charge is 0.410 e. The van der Waals surface area contributed by atoms with Crippen LogP contribution in [0.25, 0.3) is 0 Å². The fourth-order valence-corrected chi connectivity index (χ4v) is 6.57. The molecule has 8 nitrogen and oxygen atoms in total. The second-order valence-corrected chi connectivity index (χ2v) is 14.0. The number of likely N-dealkylation sites (tertiary alicyclic amines) is 1. The van der Waals surface area contributed by atoms with Gasteiger partial charge in [-0.3, -0.25) is 4.68 Å². The fraction of sp³-hybridized carbons (Fsp3) is 0.541. The number of carbonyl (C=O) groups is 1. The third kappa shape index (κ3) is 9.70. The van der Waals surface area contributed by atoms with Crippen LogP contribution >= 0.6 is 0 Å². The van der Waals surface area contributed by atoms with Gasteiger partial charge in [-0.25, -0.2) is 18.6 Å². The molecule has 2 N–H and O–H groups in total. The third-order valence-corrected chi connectivity index (χ3v) is 9.30. The predicted molar refractivity (Wildman–Crippen MR) is 180 cm³/mol. The summed E-state index contributed by atoms with van der Waals surface area (Å²) in [5.74, 6) is 0.567. The number of halogens is 2. The summed E-state index contributed by atoms with van der Waals surface area (Å²) in [5.41, 5.74) is 0.878. The Morgan fingerprint density at radius 1 is 1.00 bits per heavy atom. The maximum atomic E-state index is 14.2. The Labute approximate surface area is 277 Å². The second kappa shape index (κ2) is 15.5. The molecule has 10 heteroatoms. The number of hydrogen-bond donors (Lipinski definition) is 2. The molecule has 2 heterocycles. The Hall–Kier alpha value is -3.63. The van der Waals surface area contributed by atoms with Gasteiger partial charge in [-0.1, -0.05) is 60.7 Å². The lowest BCUT2D eigenvalue weighted by Crippen LogP contribution is -2.42. The van der Waals surface area contributed by atoms with E-state index in [1.165, 1.54) is 0 Å². The van der Waals surface area contributed by atoms with Crippen LogP contribution in [-0.2, 0) is 4.74 Å². The number of nitrogens with zero attached hydrogens (tertiary/aromatic N) is 4. The number of piperidine rings is 1. The molecule has 0 unspecified atom stereocenters. The Morgan fingerprint density at radius 2 is 1.60 bits per heavy atom. The zero-order chi connectivity index (χ0) is 33.4. The van der Waals surface area contributed by atoms with Gasteiger partial charge in [0.15, 0.2) is 5.69 Å². The van der Waals surface area contributed by atoms with Crippen molar-refractivity contribution in [2.75, 3.05) is 26.2 Å². The summed E-state index contributed by atoms with van der Waals surface area (Å²) in [6.45, 7) is 8.70. The van der Waals surface area contributed by atoms with E-state index in [1.54, 1.807) is 15.8 Å². The van der Waals surface area contributed by atoms with Crippen LogP contribution in [0.15, 0.2) is 71.9 Å². The molecular weight excluding hydrogens is 600 g/mol. The minimum absolute atomic E-state index is 0.0758. The third-order valence-electron chi connectivity index (χ3n) is 9.30. The molecule has 0 bridgehead atoms. The Balaban J connectivity index is 1.11. The molecule has 1 aromatic heterocycles. The van der Waals surface area contributed by atoms with Crippen molar-refractivity contribution in [3.8, 4) is 0 Å². The molecule has 1 aliphatic carbocycles. The first-order valence-electron chi connectivity index (χ1n) is 17.0. The van der Waals surface area contributed by atoms with Gasteiger partial charge in [0.05, 0.1) is 23.6 Å². The van der Waals surface area contributed by atoms with Crippen LogP contribution in [0.1, 0.15) is 101 Å². The van der Waals surface area contributed by atoms with E-state index in [0.717, 1.165) is 56.6 Å². The summed E-state index contributed by atoms with van der Waals surface area (Å²) in [6, 6.07) is 19.1. The number of nitrogens with one attached hydrogen (secondary N) is 1. The van der Waals surface area contributed by atoms with E-state index < -0.39 is 17.6 Å². The monoisotopic (exact) mass is 649 g/mol. The number of rotatable bonds is 11. The molecular formula is C37H49F2N5O3. The molecule has 0 atom stereocenters. The maximum Gasteiger partial charge on any atom is 0.410 e. The molecule has 2 aliphatic rings. The number of aliphatic imine (C=N–C) groups is 1. The van der Waals surface area contributed by atoms with Crippen molar-refractivity contribution < 1.29 is 23.4 Å². The number of hydrogen-bond acceptors (Lipinski definition) is 6. The highest BCUT2D eigenvalue weighted by Gasteiger charge is 2.34. The van der Waals surface area contributed by atoms with Crippen LogP contribution in [-0.4, -0.2) is 69.0 Å². The molecule has 0 radical (unpaired) electrons. The van der Waals surface area contributed by atoms with E-state index in [1.807, 2.05) is 81.4 Å². The number of alkyl halides is 2. The van der Waals surface area contributed by atoms with E-state index in [9.17, 15) is 18.7 Å². The summed E-state index contributed by atoms with van der Waals surface area (Å²) in [7, 11) is 0. The van der Waals surface area contributed by atoms with Crippen molar-refractivity contribution in [2.24, 2.45) is 10.9 Å². The highest BCUT2D eigenvalue weighted by atomic mass is 19.3. The van der Waals surface area contributed by atoms with Gasteiger partial charge in [-0.05, 0) is 91.1 Å². The predicted octanol–water partition coefficient (Wildman–Crippen LogP) is 7.85. The van der Waals surface area contributed by atoms with Crippen molar-refractivity contribution in [2.45, 2.75) is 95.8 Å². The molecule has 2 aromatic carbocycles. The first-order chi connectivity index (χ1) is 22.5. The van der Waals surface area contributed by atoms with Gasteiger partial charge in [0.1, 0.15) is 11.3 Å². The molecule has 3 aromatic rings. The average Bonchev–Trinajstić information content (AvgIpc) is 3.48. The van der Waals surface area contributed by atoms with E-state index in [4.69, 9.17) is 9.73 Å². The van der Waals surface area contributed by atoms with Crippen LogP contribution in [0.2, 0.25) is 0 Å². The largest absolute Gasteiger partial charge is 0.444 e. The summed E-state index contributed by atoms with van der Waals surface area (Å²) < 4.78 is 35.5. The highest BCUT2D eigenvalue weighted by Crippen LogP contribution is 2.39. The molecule has 1 saturated heterocycles. The number of aliphatic hydroxyl groups is 1. The van der Waals surface area contributed by atoms with Crippen molar-refractivity contribution >= 4 is 17.5 Å². The van der Waals surface area contributed by atoms with Crippen LogP contribution in [0.3, 0.4) is 0 Å². The maximum absolute atomic E-state index is 14.2. The first-order valence-corrected chi connectivity index (χ1v) is 17.0. The van der Waals surface area contributed by atoms with Gasteiger partial charge < -0.3 is 20.1 Å². The van der Waals surface area contributed by atoms with Crippen LogP contribution in [0.5, 0.6) is 0 Å². The van der Waals surface area contributed by atoms with Crippen molar-refractivity contribution in [3.63, 3.8) is 0 Å².